The molecule has 2 rings (SSSR count). The van der Waals surface area contributed by atoms with Gasteiger partial charge in [0, 0.05) is 6.54 Å². The predicted molar refractivity (Wildman–Crippen MR) is 89.8 cm³/mol. The Kier molecular flexibility index (Phi) is 4.67. The van der Waals surface area contributed by atoms with Crippen LogP contribution < -0.4 is 0 Å². The number of aromatic hydroxyl groups is 1. The van der Waals surface area contributed by atoms with Gasteiger partial charge in [-0.3, -0.25) is 0 Å². The fourth-order valence-corrected chi connectivity index (χ4v) is 3.30. The van der Waals surface area contributed by atoms with Gasteiger partial charge in [0.25, 0.3) is 0 Å². The fraction of sp³-hybridized carbons (Fsp3) is 0.684. The zero-order valence-corrected chi connectivity index (χ0v) is 14.3. The highest BCUT2D eigenvalue weighted by Gasteiger charge is 2.38. The summed E-state index contributed by atoms with van der Waals surface area (Å²) in [5, 5.41) is 9.76. The van der Waals surface area contributed by atoms with Crippen molar-refractivity contribution in [3.8, 4) is 5.75 Å². The Bertz CT molecular complexity index is 477. The van der Waals surface area contributed by atoms with Gasteiger partial charge in [-0.25, -0.2) is 0 Å². The second-order valence-electron chi connectivity index (χ2n) is 8.23. The molecule has 1 aromatic rings. The second kappa shape index (κ2) is 6.00. The van der Waals surface area contributed by atoms with Crippen LogP contribution in [0.5, 0.6) is 5.75 Å². The molecule has 0 saturated carbocycles. The Balaban J connectivity index is 2.03. The Morgan fingerprint density at radius 1 is 1.33 bits per heavy atom. The minimum atomic E-state index is 0.178. The van der Waals surface area contributed by atoms with Gasteiger partial charge in [-0.15, -0.1) is 0 Å². The van der Waals surface area contributed by atoms with E-state index in [0.717, 1.165) is 13.1 Å². The smallest absolute Gasteiger partial charge is 0.115 e. The molecule has 2 nitrogen and oxygen atoms in total. The molecule has 1 saturated heterocycles. The molecule has 2 heteroatoms. The van der Waals surface area contributed by atoms with Crippen molar-refractivity contribution in [2.75, 3.05) is 19.6 Å². The first-order chi connectivity index (χ1) is 9.71. The van der Waals surface area contributed by atoms with Crippen molar-refractivity contribution in [3.05, 3.63) is 29.8 Å². The molecule has 1 aliphatic heterocycles. The number of rotatable bonds is 3. The summed E-state index contributed by atoms with van der Waals surface area (Å²) in [4.78, 5) is 2.61. The van der Waals surface area contributed by atoms with Gasteiger partial charge in [0.2, 0.25) is 0 Å². The zero-order chi connectivity index (χ0) is 15.7. The molecular weight excluding hydrogens is 258 g/mol. The topological polar surface area (TPSA) is 23.5 Å². The maximum Gasteiger partial charge on any atom is 0.115 e. The highest BCUT2D eigenvalue weighted by Crippen LogP contribution is 2.40. The number of phenolic OH excluding ortho intramolecular Hbond substituents is 1. The lowest BCUT2D eigenvalue weighted by Gasteiger charge is -2.45. The molecule has 0 aliphatic carbocycles. The van der Waals surface area contributed by atoms with Crippen molar-refractivity contribution in [1.82, 2.24) is 4.90 Å². The van der Waals surface area contributed by atoms with E-state index >= 15 is 0 Å². The molecule has 0 aromatic heterocycles. The van der Waals surface area contributed by atoms with Crippen molar-refractivity contribution >= 4 is 0 Å². The molecule has 21 heavy (non-hydrogen) atoms. The average Bonchev–Trinajstić information content (AvgIpc) is 2.39. The quantitative estimate of drug-likeness (QED) is 0.890. The standard InChI is InChI=1S/C19H31NO/c1-15-14-20(11-9-18(2,3)4)12-10-19(15,5)16-7-6-8-17(21)13-16/h6-8,13,15,21H,9-12,14H2,1-5H3. The van der Waals surface area contributed by atoms with E-state index in [0.29, 0.717) is 17.1 Å². The van der Waals surface area contributed by atoms with E-state index in [1.54, 1.807) is 6.07 Å². The van der Waals surface area contributed by atoms with Gasteiger partial charge in [0.15, 0.2) is 0 Å². The van der Waals surface area contributed by atoms with Gasteiger partial charge in [0.1, 0.15) is 5.75 Å². The van der Waals surface area contributed by atoms with Gasteiger partial charge < -0.3 is 10.0 Å². The van der Waals surface area contributed by atoms with Crippen LogP contribution in [0.1, 0.15) is 53.0 Å². The summed E-state index contributed by atoms with van der Waals surface area (Å²) in [5.74, 6) is 0.990. The molecule has 0 radical (unpaired) electrons. The zero-order valence-electron chi connectivity index (χ0n) is 14.3. The van der Waals surface area contributed by atoms with Crippen molar-refractivity contribution in [1.29, 1.82) is 0 Å². The Morgan fingerprint density at radius 3 is 2.62 bits per heavy atom. The van der Waals surface area contributed by atoms with Crippen LogP contribution in [0.25, 0.3) is 0 Å². The number of benzene rings is 1. The molecule has 0 amide bonds. The van der Waals surface area contributed by atoms with Gasteiger partial charge in [-0.05, 0) is 60.4 Å². The van der Waals surface area contributed by atoms with Crippen LogP contribution in [-0.2, 0) is 5.41 Å². The van der Waals surface area contributed by atoms with Crippen molar-refractivity contribution in [3.63, 3.8) is 0 Å². The van der Waals surface area contributed by atoms with Crippen LogP contribution in [0.3, 0.4) is 0 Å². The fourth-order valence-electron chi connectivity index (χ4n) is 3.30. The highest BCUT2D eigenvalue weighted by molar-refractivity contribution is 5.33. The lowest BCUT2D eigenvalue weighted by Crippen LogP contribution is -2.47. The Hall–Kier alpha value is -1.02. The molecular formula is C19H31NO. The summed E-state index contributed by atoms with van der Waals surface area (Å²) in [5.41, 5.74) is 1.87. The van der Waals surface area contributed by atoms with Crippen LogP contribution in [-0.4, -0.2) is 29.6 Å². The maximum atomic E-state index is 9.76. The summed E-state index contributed by atoms with van der Waals surface area (Å²) < 4.78 is 0. The monoisotopic (exact) mass is 289 g/mol. The average molecular weight is 289 g/mol. The predicted octanol–water partition coefficient (Wildman–Crippen LogP) is 4.43. The van der Waals surface area contributed by atoms with E-state index in [-0.39, 0.29) is 5.41 Å². The summed E-state index contributed by atoms with van der Waals surface area (Å²) in [6, 6.07) is 7.84. The summed E-state index contributed by atoms with van der Waals surface area (Å²) in [6.45, 7) is 15.2. The number of hydrogen-bond donors (Lipinski definition) is 1. The van der Waals surface area contributed by atoms with Gasteiger partial charge in [-0.1, -0.05) is 46.8 Å². The van der Waals surface area contributed by atoms with Gasteiger partial charge in [-0.2, -0.15) is 0 Å². The Labute approximate surface area is 130 Å². The molecule has 2 unspecified atom stereocenters. The maximum absolute atomic E-state index is 9.76. The lowest BCUT2D eigenvalue weighted by molar-refractivity contribution is 0.100. The first-order valence-electron chi connectivity index (χ1n) is 8.23. The molecule has 1 heterocycles. The summed E-state index contributed by atoms with van der Waals surface area (Å²) in [6.07, 6.45) is 2.42. The minimum absolute atomic E-state index is 0.178. The van der Waals surface area contributed by atoms with E-state index in [9.17, 15) is 5.11 Å². The highest BCUT2D eigenvalue weighted by atomic mass is 16.3. The molecule has 118 valence electrons. The first-order valence-corrected chi connectivity index (χ1v) is 8.23. The number of nitrogens with zero attached hydrogens (tertiary/aromatic N) is 1. The molecule has 1 fully saturated rings. The van der Waals surface area contributed by atoms with Crippen LogP contribution in [0.15, 0.2) is 24.3 Å². The second-order valence-corrected chi connectivity index (χ2v) is 8.23. The molecule has 1 aliphatic rings. The van der Waals surface area contributed by atoms with E-state index in [1.807, 2.05) is 12.1 Å². The third-order valence-electron chi connectivity index (χ3n) is 5.25. The number of likely N-dealkylation sites (tertiary alicyclic amines) is 1. The molecule has 1 aromatic carbocycles. The first kappa shape index (κ1) is 16.4. The largest absolute Gasteiger partial charge is 0.508 e. The minimum Gasteiger partial charge on any atom is -0.508 e. The molecule has 0 spiro atoms. The number of hydrogen-bond acceptors (Lipinski definition) is 2. The summed E-state index contributed by atoms with van der Waals surface area (Å²) in [7, 11) is 0. The van der Waals surface area contributed by atoms with Crippen LogP contribution in [0.2, 0.25) is 0 Å². The third kappa shape index (κ3) is 4.00. The van der Waals surface area contributed by atoms with Crippen molar-refractivity contribution in [2.24, 2.45) is 11.3 Å². The molecule has 1 N–H and O–H groups in total. The van der Waals surface area contributed by atoms with E-state index < -0.39 is 0 Å². The van der Waals surface area contributed by atoms with Crippen LogP contribution in [0, 0.1) is 11.3 Å². The molecule has 2 atom stereocenters. The van der Waals surface area contributed by atoms with Gasteiger partial charge in [0.05, 0.1) is 0 Å². The summed E-state index contributed by atoms with van der Waals surface area (Å²) >= 11 is 0. The number of piperidine rings is 1. The lowest BCUT2D eigenvalue weighted by atomic mass is 9.68. The van der Waals surface area contributed by atoms with Crippen molar-refractivity contribution in [2.45, 2.75) is 52.9 Å². The SMILES string of the molecule is CC1CN(CCC(C)(C)C)CCC1(C)c1cccc(O)c1. The van der Waals surface area contributed by atoms with Crippen LogP contribution >= 0.6 is 0 Å². The van der Waals surface area contributed by atoms with Gasteiger partial charge >= 0.3 is 0 Å². The van der Waals surface area contributed by atoms with E-state index in [2.05, 4.69) is 45.6 Å². The van der Waals surface area contributed by atoms with Crippen molar-refractivity contribution < 1.29 is 5.11 Å². The Morgan fingerprint density at radius 2 is 2.05 bits per heavy atom. The van der Waals surface area contributed by atoms with Crippen LogP contribution in [0.4, 0.5) is 0 Å². The van der Waals surface area contributed by atoms with E-state index in [1.165, 1.54) is 24.9 Å². The normalized spacial score (nSPS) is 27.8. The van der Waals surface area contributed by atoms with E-state index in [4.69, 9.17) is 0 Å². The third-order valence-corrected chi connectivity index (χ3v) is 5.25. The number of phenols is 1. The molecule has 0 bridgehead atoms.